The molecule has 3 heterocycles. The van der Waals surface area contributed by atoms with E-state index < -0.39 is 0 Å². The second-order valence-corrected chi connectivity index (χ2v) is 7.15. The van der Waals surface area contributed by atoms with Crippen LogP contribution >= 0.6 is 0 Å². The van der Waals surface area contributed by atoms with E-state index in [2.05, 4.69) is 26.7 Å². The van der Waals surface area contributed by atoms with Crippen molar-refractivity contribution in [1.29, 1.82) is 0 Å². The van der Waals surface area contributed by atoms with E-state index in [1.54, 1.807) is 11.8 Å². The average Bonchev–Trinajstić information content (AvgIpc) is 3.30. The standard InChI is InChI=1S/C17H22N6O2/c1-10-6-11(2)22(17(25)18-10)9-15(24)21-7-12(3)23-14(8-21)19-20-16(23)13-4-5-13/h6,12-13H,4-5,7-9H2,1-3H3/t12-/m0/s1. The molecule has 2 aromatic rings. The van der Waals surface area contributed by atoms with Crippen molar-refractivity contribution in [2.24, 2.45) is 0 Å². The molecule has 1 atom stereocenters. The van der Waals surface area contributed by atoms with E-state index in [0.29, 0.717) is 24.7 Å². The molecule has 0 radical (unpaired) electrons. The van der Waals surface area contributed by atoms with Crippen molar-refractivity contribution in [2.45, 2.75) is 58.7 Å². The van der Waals surface area contributed by atoms with Gasteiger partial charge in [0.15, 0.2) is 5.82 Å². The number of hydrogen-bond acceptors (Lipinski definition) is 5. The molecule has 1 amide bonds. The van der Waals surface area contributed by atoms with Gasteiger partial charge in [-0.25, -0.2) is 4.79 Å². The van der Waals surface area contributed by atoms with Crippen LogP contribution in [0.3, 0.4) is 0 Å². The van der Waals surface area contributed by atoms with Gasteiger partial charge in [0.05, 0.1) is 12.6 Å². The Labute approximate surface area is 145 Å². The summed E-state index contributed by atoms with van der Waals surface area (Å²) < 4.78 is 3.61. The quantitative estimate of drug-likeness (QED) is 0.828. The molecule has 0 bridgehead atoms. The minimum absolute atomic E-state index is 0.00822. The maximum absolute atomic E-state index is 12.7. The molecule has 0 aromatic carbocycles. The first-order chi connectivity index (χ1) is 11.9. The van der Waals surface area contributed by atoms with Gasteiger partial charge in [0.25, 0.3) is 0 Å². The monoisotopic (exact) mass is 342 g/mol. The topological polar surface area (TPSA) is 85.9 Å². The van der Waals surface area contributed by atoms with Crippen LogP contribution in [-0.4, -0.2) is 41.7 Å². The first kappa shape index (κ1) is 16.0. The van der Waals surface area contributed by atoms with Gasteiger partial charge in [0.1, 0.15) is 12.4 Å². The Kier molecular flexibility index (Phi) is 3.70. The molecular formula is C17H22N6O2. The van der Waals surface area contributed by atoms with Gasteiger partial charge in [-0.05, 0) is 39.7 Å². The molecule has 4 rings (SSSR count). The second-order valence-electron chi connectivity index (χ2n) is 7.15. The van der Waals surface area contributed by atoms with E-state index in [0.717, 1.165) is 17.3 Å². The van der Waals surface area contributed by atoms with Gasteiger partial charge in [-0.2, -0.15) is 4.98 Å². The fraction of sp³-hybridized carbons (Fsp3) is 0.588. The van der Waals surface area contributed by atoms with E-state index in [9.17, 15) is 9.59 Å². The predicted molar refractivity (Wildman–Crippen MR) is 90.1 cm³/mol. The van der Waals surface area contributed by atoms with Crippen LogP contribution in [0.25, 0.3) is 0 Å². The van der Waals surface area contributed by atoms with E-state index >= 15 is 0 Å². The fourth-order valence-corrected chi connectivity index (χ4v) is 3.57. The molecule has 0 N–H and O–H groups in total. The first-order valence-electron chi connectivity index (χ1n) is 8.70. The minimum atomic E-state index is -0.380. The van der Waals surface area contributed by atoms with Crippen molar-refractivity contribution < 1.29 is 4.79 Å². The lowest BCUT2D eigenvalue weighted by atomic mass is 10.2. The summed E-state index contributed by atoms with van der Waals surface area (Å²) in [5.41, 5.74) is 1.03. The Balaban J connectivity index is 1.55. The maximum atomic E-state index is 12.7. The Hall–Kier alpha value is -2.51. The van der Waals surface area contributed by atoms with Gasteiger partial charge in [-0.15, -0.1) is 10.2 Å². The number of aryl methyl sites for hydroxylation is 2. The van der Waals surface area contributed by atoms with Crippen LogP contribution in [0.4, 0.5) is 0 Å². The molecule has 0 saturated heterocycles. The van der Waals surface area contributed by atoms with Crippen molar-refractivity contribution in [2.75, 3.05) is 6.54 Å². The molecule has 8 nitrogen and oxygen atoms in total. The smallest absolute Gasteiger partial charge is 0.332 e. The molecular weight excluding hydrogens is 320 g/mol. The zero-order chi connectivity index (χ0) is 17.7. The highest BCUT2D eigenvalue weighted by atomic mass is 16.2. The number of carbonyl (C=O) groups is 1. The summed E-state index contributed by atoms with van der Waals surface area (Å²) in [6.45, 7) is 6.74. The van der Waals surface area contributed by atoms with Gasteiger partial charge in [0, 0.05) is 23.9 Å². The summed E-state index contributed by atoms with van der Waals surface area (Å²) in [5.74, 6) is 2.33. The lowest BCUT2D eigenvalue weighted by Crippen LogP contribution is -2.43. The lowest BCUT2D eigenvalue weighted by Gasteiger charge is -2.33. The third kappa shape index (κ3) is 2.85. The summed E-state index contributed by atoms with van der Waals surface area (Å²) in [5, 5.41) is 8.63. The van der Waals surface area contributed by atoms with Crippen molar-refractivity contribution in [3.8, 4) is 0 Å². The third-order valence-corrected chi connectivity index (χ3v) is 4.99. The van der Waals surface area contributed by atoms with Crippen molar-refractivity contribution in [3.63, 3.8) is 0 Å². The molecule has 132 valence electrons. The molecule has 0 unspecified atom stereocenters. The van der Waals surface area contributed by atoms with Gasteiger partial charge in [-0.3, -0.25) is 9.36 Å². The molecule has 0 spiro atoms. The second kappa shape index (κ2) is 5.79. The van der Waals surface area contributed by atoms with Crippen LogP contribution < -0.4 is 5.69 Å². The highest BCUT2D eigenvalue weighted by Gasteiger charge is 2.35. The molecule has 8 heteroatoms. The van der Waals surface area contributed by atoms with Gasteiger partial charge in [0.2, 0.25) is 5.91 Å². The molecule has 1 saturated carbocycles. The number of rotatable bonds is 3. The van der Waals surface area contributed by atoms with Crippen LogP contribution in [-0.2, 0) is 17.9 Å². The molecule has 2 aromatic heterocycles. The number of carbonyl (C=O) groups excluding carboxylic acids is 1. The summed E-state index contributed by atoms with van der Waals surface area (Å²) in [6, 6.07) is 1.96. The number of hydrogen-bond donors (Lipinski definition) is 0. The van der Waals surface area contributed by atoms with Gasteiger partial charge >= 0.3 is 5.69 Å². The van der Waals surface area contributed by atoms with Crippen LogP contribution in [0.15, 0.2) is 10.9 Å². The summed E-state index contributed by atoms with van der Waals surface area (Å²) >= 11 is 0. The van der Waals surface area contributed by atoms with E-state index in [-0.39, 0.29) is 24.2 Å². The van der Waals surface area contributed by atoms with E-state index in [1.807, 2.05) is 13.0 Å². The Morgan fingerprint density at radius 3 is 2.72 bits per heavy atom. The fourth-order valence-electron chi connectivity index (χ4n) is 3.57. The number of nitrogens with zero attached hydrogens (tertiary/aromatic N) is 6. The molecule has 1 fully saturated rings. The zero-order valence-corrected chi connectivity index (χ0v) is 14.8. The van der Waals surface area contributed by atoms with Crippen molar-refractivity contribution in [3.05, 3.63) is 39.6 Å². The van der Waals surface area contributed by atoms with Crippen molar-refractivity contribution in [1.82, 2.24) is 29.2 Å². The first-order valence-corrected chi connectivity index (χ1v) is 8.70. The Morgan fingerprint density at radius 2 is 2.04 bits per heavy atom. The molecule has 1 aliphatic carbocycles. The number of amides is 1. The highest BCUT2D eigenvalue weighted by Crippen LogP contribution is 2.40. The minimum Gasteiger partial charge on any atom is -0.332 e. The molecule has 25 heavy (non-hydrogen) atoms. The number of fused-ring (bicyclic) bond motifs is 1. The molecule has 2 aliphatic rings. The highest BCUT2D eigenvalue weighted by molar-refractivity contribution is 5.76. The third-order valence-electron chi connectivity index (χ3n) is 4.99. The average molecular weight is 342 g/mol. The van der Waals surface area contributed by atoms with Crippen LogP contribution in [0, 0.1) is 13.8 Å². The Bertz CT molecular complexity index is 895. The Morgan fingerprint density at radius 1 is 1.28 bits per heavy atom. The van der Waals surface area contributed by atoms with Crippen LogP contribution in [0.1, 0.15) is 54.8 Å². The summed E-state index contributed by atoms with van der Waals surface area (Å²) in [7, 11) is 0. The van der Waals surface area contributed by atoms with Gasteiger partial charge in [-0.1, -0.05) is 0 Å². The summed E-state index contributed by atoms with van der Waals surface area (Å²) in [4.78, 5) is 30.5. The SMILES string of the molecule is Cc1cc(C)n(CC(=O)N2Cc3nnc(C4CC4)n3[C@@H](C)C2)c(=O)n1. The molecule has 1 aliphatic heterocycles. The van der Waals surface area contributed by atoms with Crippen LogP contribution in [0.2, 0.25) is 0 Å². The van der Waals surface area contributed by atoms with Crippen LogP contribution in [0.5, 0.6) is 0 Å². The maximum Gasteiger partial charge on any atom is 0.348 e. The van der Waals surface area contributed by atoms with Crippen molar-refractivity contribution >= 4 is 5.91 Å². The predicted octanol–water partition coefficient (Wildman–Crippen LogP) is 0.932. The van der Waals surface area contributed by atoms with E-state index in [1.165, 1.54) is 17.4 Å². The lowest BCUT2D eigenvalue weighted by molar-refractivity contribution is -0.134. The number of aromatic nitrogens is 5. The van der Waals surface area contributed by atoms with Gasteiger partial charge < -0.3 is 9.47 Å². The normalized spacial score (nSPS) is 19.8. The zero-order valence-electron chi connectivity index (χ0n) is 14.8. The summed E-state index contributed by atoms with van der Waals surface area (Å²) in [6.07, 6.45) is 2.35. The largest absolute Gasteiger partial charge is 0.348 e. The van der Waals surface area contributed by atoms with E-state index in [4.69, 9.17) is 0 Å².